The minimum Gasteiger partial charge on any atom is -0.314 e. The number of rotatable bonds is 2. The molecule has 1 N–H and O–H groups in total. The lowest BCUT2D eigenvalue weighted by molar-refractivity contribution is 0.377. The zero-order chi connectivity index (χ0) is 9.97. The van der Waals surface area contributed by atoms with E-state index >= 15 is 0 Å². The molecule has 0 bridgehead atoms. The van der Waals surface area contributed by atoms with E-state index in [4.69, 9.17) is 0 Å². The van der Waals surface area contributed by atoms with Gasteiger partial charge in [0.25, 0.3) is 0 Å². The number of hydrogen-bond acceptors (Lipinski definition) is 3. The van der Waals surface area contributed by atoms with Gasteiger partial charge in [-0.05, 0) is 33.2 Å². The Kier molecular flexibility index (Phi) is 2.82. The summed E-state index contributed by atoms with van der Waals surface area (Å²) in [5, 5.41) is 11.7. The van der Waals surface area contributed by atoms with Gasteiger partial charge in [0.1, 0.15) is 12.2 Å². The molecule has 0 aromatic carbocycles. The summed E-state index contributed by atoms with van der Waals surface area (Å²) in [5.74, 6) is 1.10. The smallest absolute Gasteiger partial charge is 0.150 e. The van der Waals surface area contributed by atoms with E-state index < -0.39 is 0 Å². The van der Waals surface area contributed by atoms with Crippen molar-refractivity contribution in [3.8, 4) is 0 Å². The standard InChI is InChI=1S/C10H18N4/c1-8(2)14-7-12-13-10(14)9-5-3-4-6-11-9/h7-9,11H,3-6H2,1-2H3. The molecule has 1 fully saturated rings. The van der Waals surface area contributed by atoms with E-state index in [0.717, 1.165) is 12.4 Å². The second-order valence-corrected chi connectivity index (χ2v) is 4.19. The zero-order valence-corrected chi connectivity index (χ0v) is 8.90. The van der Waals surface area contributed by atoms with Crippen LogP contribution in [0.5, 0.6) is 0 Å². The van der Waals surface area contributed by atoms with Crippen molar-refractivity contribution >= 4 is 0 Å². The summed E-state index contributed by atoms with van der Waals surface area (Å²) in [6.07, 6.45) is 5.59. The third-order valence-corrected chi connectivity index (χ3v) is 2.78. The fourth-order valence-corrected chi connectivity index (χ4v) is 1.97. The Morgan fingerprint density at radius 3 is 3.00 bits per heavy atom. The summed E-state index contributed by atoms with van der Waals surface area (Å²) in [6, 6.07) is 0.859. The van der Waals surface area contributed by atoms with Crippen molar-refractivity contribution in [2.24, 2.45) is 0 Å². The minimum atomic E-state index is 0.411. The first-order valence-corrected chi connectivity index (χ1v) is 5.42. The molecule has 1 saturated heterocycles. The van der Waals surface area contributed by atoms with Gasteiger partial charge < -0.3 is 9.88 Å². The maximum atomic E-state index is 4.21. The molecule has 4 heteroatoms. The van der Waals surface area contributed by atoms with Crippen LogP contribution in [0.4, 0.5) is 0 Å². The fourth-order valence-electron chi connectivity index (χ4n) is 1.97. The first kappa shape index (κ1) is 9.65. The highest BCUT2D eigenvalue weighted by molar-refractivity contribution is 4.97. The van der Waals surface area contributed by atoms with E-state index in [0.29, 0.717) is 12.1 Å². The summed E-state index contributed by atoms with van der Waals surface area (Å²) in [7, 11) is 0. The topological polar surface area (TPSA) is 42.7 Å². The fraction of sp³-hybridized carbons (Fsp3) is 0.800. The Labute approximate surface area is 84.7 Å². The van der Waals surface area contributed by atoms with Crippen LogP contribution in [-0.2, 0) is 0 Å². The highest BCUT2D eigenvalue weighted by atomic mass is 15.3. The molecule has 0 spiro atoms. The Morgan fingerprint density at radius 2 is 2.36 bits per heavy atom. The lowest BCUT2D eigenvalue weighted by Crippen LogP contribution is -2.29. The minimum absolute atomic E-state index is 0.411. The highest BCUT2D eigenvalue weighted by Crippen LogP contribution is 2.22. The molecule has 2 heterocycles. The molecule has 14 heavy (non-hydrogen) atoms. The molecule has 0 radical (unpaired) electrons. The highest BCUT2D eigenvalue weighted by Gasteiger charge is 2.20. The molecule has 78 valence electrons. The summed E-state index contributed by atoms with van der Waals surface area (Å²) < 4.78 is 2.16. The van der Waals surface area contributed by atoms with Gasteiger partial charge in [0.2, 0.25) is 0 Å². The quantitative estimate of drug-likeness (QED) is 0.778. The van der Waals surface area contributed by atoms with Crippen LogP contribution in [0.3, 0.4) is 0 Å². The van der Waals surface area contributed by atoms with Crippen molar-refractivity contribution in [3.63, 3.8) is 0 Å². The van der Waals surface area contributed by atoms with Crippen LogP contribution >= 0.6 is 0 Å². The van der Waals surface area contributed by atoms with Crippen molar-refractivity contribution in [2.75, 3.05) is 6.54 Å². The van der Waals surface area contributed by atoms with Crippen LogP contribution < -0.4 is 5.32 Å². The largest absolute Gasteiger partial charge is 0.314 e. The van der Waals surface area contributed by atoms with Crippen molar-refractivity contribution < 1.29 is 0 Å². The molecular formula is C10H18N4. The van der Waals surface area contributed by atoms with Crippen LogP contribution in [0.25, 0.3) is 0 Å². The SMILES string of the molecule is CC(C)n1cnnc1C1CCCCN1. The van der Waals surface area contributed by atoms with E-state index in [2.05, 4.69) is 33.9 Å². The number of nitrogens with one attached hydrogen (secondary N) is 1. The predicted octanol–water partition coefficient (Wildman–Crippen LogP) is 1.67. The first-order valence-electron chi connectivity index (χ1n) is 5.42. The molecule has 1 aliphatic rings. The second-order valence-electron chi connectivity index (χ2n) is 4.19. The maximum absolute atomic E-state index is 4.21. The van der Waals surface area contributed by atoms with E-state index in [1.807, 2.05) is 6.33 Å². The molecule has 0 aliphatic carbocycles. The monoisotopic (exact) mass is 194 g/mol. The number of piperidine rings is 1. The van der Waals surface area contributed by atoms with Gasteiger partial charge in [-0.15, -0.1) is 10.2 Å². The van der Waals surface area contributed by atoms with Crippen LogP contribution in [-0.4, -0.2) is 21.3 Å². The third kappa shape index (κ3) is 1.80. The summed E-state index contributed by atoms with van der Waals surface area (Å²) in [4.78, 5) is 0. The van der Waals surface area contributed by atoms with Gasteiger partial charge in [0.05, 0.1) is 6.04 Å². The molecule has 4 nitrogen and oxygen atoms in total. The maximum Gasteiger partial charge on any atom is 0.150 e. The molecular weight excluding hydrogens is 176 g/mol. The average molecular weight is 194 g/mol. The molecule has 0 saturated carbocycles. The number of aromatic nitrogens is 3. The van der Waals surface area contributed by atoms with E-state index in [1.54, 1.807) is 0 Å². The van der Waals surface area contributed by atoms with Crippen LogP contribution in [0.2, 0.25) is 0 Å². The molecule has 1 aromatic rings. The summed E-state index contributed by atoms with van der Waals surface area (Å²) in [6.45, 7) is 5.43. The van der Waals surface area contributed by atoms with Crippen molar-refractivity contribution in [1.82, 2.24) is 20.1 Å². The van der Waals surface area contributed by atoms with E-state index in [-0.39, 0.29) is 0 Å². The van der Waals surface area contributed by atoms with Gasteiger partial charge in [0.15, 0.2) is 0 Å². The first-order chi connectivity index (χ1) is 6.79. The van der Waals surface area contributed by atoms with Gasteiger partial charge in [0, 0.05) is 6.04 Å². The molecule has 1 aromatic heterocycles. The molecule has 1 unspecified atom stereocenters. The second kappa shape index (κ2) is 4.09. The van der Waals surface area contributed by atoms with Crippen LogP contribution in [0.15, 0.2) is 6.33 Å². The van der Waals surface area contributed by atoms with E-state index in [1.165, 1.54) is 19.3 Å². The Morgan fingerprint density at radius 1 is 1.50 bits per heavy atom. The molecule has 1 aliphatic heterocycles. The van der Waals surface area contributed by atoms with Crippen molar-refractivity contribution in [2.45, 2.75) is 45.2 Å². The van der Waals surface area contributed by atoms with Gasteiger partial charge in [-0.25, -0.2) is 0 Å². The van der Waals surface area contributed by atoms with Gasteiger partial charge >= 0.3 is 0 Å². The number of nitrogens with zero attached hydrogens (tertiary/aromatic N) is 3. The summed E-state index contributed by atoms with van der Waals surface area (Å²) in [5.41, 5.74) is 0. The molecule has 1 atom stereocenters. The zero-order valence-electron chi connectivity index (χ0n) is 8.90. The lowest BCUT2D eigenvalue weighted by Gasteiger charge is -2.24. The Balaban J connectivity index is 2.17. The Hall–Kier alpha value is -0.900. The van der Waals surface area contributed by atoms with Crippen LogP contribution in [0, 0.1) is 0 Å². The molecule has 2 rings (SSSR count). The van der Waals surface area contributed by atoms with Gasteiger partial charge in [-0.2, -0.15) is 0 Å². The van der Waals surface area contributed by atoms with Gasteiger partial charge in [-0.1, -0.05) is 6.42 Å². The summed E-state index contributed by atoms with van der Waals surface area (Å²) >= 11 is 0. The molecule has 0 amide bonds. The average Bonchev–Trinajstić information content (AvgIpc) is 2.67. The number of hydrogen-bond donors (Lipinski definition) is 1. The van der Waals surface area contributed by atoms with Crippen molar-refractivity contribution in [1.29, 1.82) is 0 Å². The normalized spacial score (nSPS) is 22.9. The Bertz CT molecular complexity index is 286. The van der Waals surface area contributed by atoms with Crippen LogP contribution in [0.1, 0.15) is 51.0 Å². The van der Waals surface area contributed by atoms with Gasteiger partial charge in [-0.3, -0.25) is 0 Å². The van der Waals surface area contributed by atoms with E-state index in [9.17, 15) is 0 Å². The predicted molar refractivity (Wildman–Crippen MR) is 55.0 cm³/mol. The van der Waals surface area contributed by atoms with Crippen molar-refractivity contribution in [3.05, 3.63) is 12.2 Å². The third-order valence-electron chi connectivity index (χ3n) is 2.78. The lowest BCUT2D eigenvalue weighted by atomic mass is 10.0.